The molecule has 1 saturated heterocycles. The molecule has 0 bridgehead atoms. The Labute approximate surface area is 118 Å². The second-order valence-corrected chi connectivity index (χ2v) is 4.63. The number of ether oxygens (including phenoxy) is 1. The number of carbonyl (C=O) groups excluding carboxylic acids is 1. The number of amides is 2. The minimum atomic E-state index is -4.56. The third kappa shape index (κ3) is 3.55. The SMILES string of the molecule is O=C(Nc1ccc(Cl)c(C(F)(F)F)c1)N1CCOCC1. The number of hydrogen-bond donors (Lipinski definition) is 1. The highest BCUT2D eigenvalue weighted by Crippen LogP contribution is 2.36. The molecule has 1 aromatic carbocycles. The quantitative estimate of drug-likeness (QED) is 0.865. The number of hydrogen-bond acceptors (Lipinski definition) is 2. The van der Waals surface area contributed by atoms with Crippen LogP contribution in [0.5, 0.6) is 0 Å². The van der Waals surface area contributed by atoms with E-state index in [1.807, 2.05) is 0 Å². The largest absolute Gasteiger partial charge is 0.417 e. The van der Waals surface area contributed by atoms with Crippen molar-refractivity contribution < 1.29 is 22.7 Å². The van der Waals surface area contributed by atoms with E-state index in [-0.39, 0.29) is 5.69 Å². The fourth-order valence-corrected chi connectivity index (χ4v) is 2.01. The highest BCUT2D eigenvalue weighted by Gasteiger charge is 2.33. The second-order valence-electron chi connectivity index (χ2n) is 4.22. The molecule has 20 heavy (non-hydrogen) atoms. The van der Waals surface area contributed by atoms with Crippen LogP contribution < -0.4 is 5.32 Å². The maximum atomic E-state index is 12.7. The van der Waals surface area contributed by atoms with Gasteiger partial charge in [0.1, 0.15) is 0 Å². The average Bonchev–Trinajstić information content (AvgIpc) is 2.40. The lowest BCUT2D eigenvalue weighted by atomic mass is 10.2. The Hall–Kier alpha value is -1.47. The van der Waals surface area contributed by atoms with E-state index in [2.05, 4.69) is 5.32 Å². The Morgan fingerprint density at radius 3 is 2.55 bits per heavy atom. The standard InChI is InChI=1S/C12H12ClF3N2O2/c13-10-2-1-8(7-9(10)12(14,15)16)17-11(19)18-3-5-20-6-4-18/h1-2,7H,3-6H2,(H,17,19). The van der Waals surface area contributed by atoms with Gasteiger partial charge in [-0.1, -0.05) is 11.6 Å². The van der Waals surface area contributed by atoms with Crippen LogP contribution in [0.4, 0.5) is 23.7 Å². The van der Waals surface area contributed by atoms with Crippen molar-refractivity contribution in [3.63, 3.8) is 0 Å². The first kappa shape index (κ1) is 14.9. The fourth-order valence-electron chi connectivity index (χ4n) is 1.79. The predicted octanol–water partition coefficient (Wildman–Crippen LogP) is 3.22. The lowest BCUT2D eigenvalue weighted by Gasteiger charge is -2.27. The van der Waals surface area contributed by atoms with E-state index in [9.17, 15) is 18.0 Å². The molecule has 1 heterocycles. The first-order valence-corrected chi connectivity index (χ1v) is 6.26. The van der Waals surface area contributed by atoms with Crippen LogP contribution in [0.15, 0.2) is 18.2 Å². The van der Waals surface area contributed by atoms with Crippen LogP contribution in [0.3, 0.4) is 0 Å². The van der Waals surface area contributed by atoms with Crippen LogP contribution in [-0.2, 0) is 10.9 Å². The number of anilines is 1. The van der Waals surface area contributed by atoms with Crippen LogP contribution in [0.1, 0.15) is 5.56 Å². The molecule has 0 unspecified atom stereocenters. The Kier molecular flexibility index (Phi) is 4.39. The van der Waals surface area contributed by atoms with Crippen molar-refractivity contribution in [1.29, 1.82) is 0 Å². The Balaban J connectivity index is 2.11. The number of morpholine rings is 1. The second kappa shape index (κ2) is 5.88. The summed E-state index contributed by atoms with van der Waals surface area (Å²) in [6.07, 6.45) is -4.56. The van der Waals surface area contributed by atoms with E-state index >= 15 is 0 Å². The van der Waals surface area contributed by atoms with E-state index in [0.29, 0.717) is 26.3 Å². The van der Waals surface area contributed by atoms with Crippen LogP contribution in [0.25, 0.3) is 0 Å². The van der Waals surface area contributed by atoms with Crippen molar-refractivity contribution in [3.8, 4) is 0 Å². The molecular weight excluding hydrogens is 297 g/mol. The molecule has 4 nitrogen and oxygen atoms in total. The van der Waals surface area contributed by atoms with Gasteiger partial charge in [0.15, 0.2) is 0 Å². The van der Waals surface area contributed by atoms with Crippen LogP contribution >= 0.6 is 11.6 Å². The summed E-state index contributed by atoms with van der Waals surface area (Å²) in [7, 11) is 0. The van der Waals surface area contributed by atoms with E-state index in [4.69, 9.17) is 16.3 Å². The summed E-state index contributed by atoms with van der Waals surface area (Å²) in [5.74, 6) is 0. The minimum absolute atomic E-state index is 0.0539. The lowest BCUT2D eigenvalue weighted by Crippen LogP contribution is -2.43. The van der Waals surface area contributed by atoms with E-state index < -0.39 is 22.8 Å². The van der Waals surface area contributed by atoms with Crippen LogP contribution in [-0.4, -0.2) is 37.2 Å². The molecule has 0 aliphatic carbocycles. The normalized spacial score (nSPS) is 16.1. The smallest absolute Gasteiger partial charge is 0.378 e. The Morgan fingerprint density at radius 2 is 1.95 bits per heavy atom. The number of benzene rings is 1. The molecule has 2 amide bonds. The summed E-state index contributed by atoms with van der Waals surface area (Å²) in [6.45, 7) is 1.65. The molecule has 110 valence electrons. The third-order valence-corrected chi connectivity index (χ3v) is 3.15. The molecular formula is C12H12ClF3N2O2. The summed E-state index contributed by atoms with van der Waals surface area (Å²) in [4.78, 5) is 13.3. The van der Waals surface area contributed by atoms with Crippen LogP contribution in [0, 0.1) is 0 Å². The molecule has 0 spiro atoms. The molecule has 0 saturated carbocycles. The summed E-state index contributed by atoms with van der Waals surface area (Å²) in [6, 6.07) is 2.80. The molecule has 0 aromatic heterocycles. The summed E-state index contributed by atoms with van der Waals surface area (Å²) in [5, 5.41) is 2.02. The maximum absolute atomic E-state index is 12.7. The van der Waals surface area contributed by atoms with Crippen molar-refractivity contribution in [2.45, 2.75) is 6.18 Å². The molecule has 1 fully saturated rings. The van der Waals surface area contributed by atoms with Gasteiger partial charge in [0.2, 0.25) is 0 Å². The topological polar surface area (TPSA) is 41.6 Å². The van der Waals surface area contributed by atoms with E-state index in [1.165, 1.54) is 11.0 Å². The maximum Gasteiger partial charge on any atom is 0.417 e. The van der Waals surface area contributed by atoms with Crippen molar-refractivity contribution in [3.05, 3.63) is 28.8 Å². The summed E-state index contributed by atoms with van der Waals surface area (Å²) >= 11 is 5.51. The number of carbonyl (C=O) groups is 1. The van der Waals surface area contributed by atoms with Gasteiger partial charge < -0.3 is 15.0 Å². The molecule has 1 aliphatic rings. The zero-order valence-corrected chi connectivity index (χ0v) is 11.1. The molecule has 0 atom stereocenters. The fraction of sp³-hybridized carbons (Fsp3) is 0.417. The minimum Gasteiger partial charge on any atom is -0.378 e. The number of halogens is 4. The third-order valence-electron chi connectivity index (χ3n) is 2.82. The van der Waals surface area contributed by atoms with E-state index in [1.54, 1.807) is 0 Å². The number of nitrogens with one attached hydrogen (secondary N) is 1. The van der Waals surface area contributed by atoms with Gasteiger partial charge in [-0.25, -0.2) is 4.79 Å². The molecule has 1 aromatic rings. The predicted molar refractivity (Wildman–Crippen MR) is 67.9 cm³/mol. The van der Waals surface area contributed by atoms with Crippen molar-refractivity contribution in [2.75, 3.05) is 31.6 Å². The molecule has 8 heteroatoms. The van der Waals surface area contributed by atoms with Gasteiger partial charge in [-0.3, -0.25) is 0 Å². The number of nitrogens with zero attached hydrogens (tertiary/aromatic N) is 1. The number of rotatable bonds is 1. The monoisotopic (exact) mass is 308 g/mol. The Morgan fingerprint density at radius 1 is 1.30 bits per heavy atom. The van der Waals surface area contributed by atoms with Crippen molar-refractivity contribution >= 4 is 23.3 Å². The number of alkyl halides is 3. The first-order valence-electron chi connectivity index (χ1n) is 5.88. The van der Waals surface area contributed by atoms with Gasteiger partial charge in [-0.15, -0.1) is 0 Å². The van der Waals surface area contributed by atoms with Gasteiger partial charge in [-0.2, -0.15) is 13.2 Å². The molecule has 1 N–H and O–H groups in total. The summed E-state index contributed by atoms with van der Waals surface area (Å²) in [5.41, 5.74) is -0.919. The lowest BCUT2D eigenvalue weighted by molar-refractivity contribution is -0.137. The van der Waals surface area contributed by atoms with Gasteiger partial charge in [0, 0.05) is 18.8 Å². The zero-order chi connectivity index (χ0) is 14.8. The average molecular weight is 309 g/mol. The molecule has 1 aliphatic heterocycles. The van der Waals surface area contributed by atoms with Crippen molar-refractivity contribution in [1.82, 2.24) is 4.90 Å². The van der Waals surface area contributed by atoms with Gasteiger partial charge >= 0.3 is 12.2 Å². The highest BCUT2D eigenvalue weighted by molar-refractivity contribution is 6.31. The van der Waals surface area contributed by atoms with Crippen LogP contribution in [0.2, 0.25) is 5.02 Å². The van der Waals surface area contributed by atoms with Gasteiger partial charge in [0.25, 0.3) is 0 Å². The zero-order valence-electron chi connectivity index (χ0n) is 10.3. The Bertz CT molecular complexity index is 502. The summed E-state index contributed by atoms with van der Waals surface area (Å²) < 4.78 is 43.2. The molecule has 0 radical (unpaired) electrons. The molecule has 2 rings (SSSR count). The van der Waals surface area contributed by atoms with Gasteiger partial charge in [0.05, 0.1) is 23.8 Å². The van der Waals surface area contributed by atoms with Crippen molar-refractivity contribution in [2.24, 2.45) is 0 Å². The number of urea groups is 1. The highest BCUT2D eigenvalue weighted by atomic mass is 35.5. The first-order chi connectivity index (χ1) is 9.38. The van der Waals surface area contributed by atoms with E-state index in [0.717, 1.165) is 12.1 Å². The van der Waals surface area contributed by atoms with Gasteiger partial charge in [-0.05, 0) is 18.2 Å².